The van der Waals surface area contributed by atoms with Crippen molar-refractivity contribution in [3.63, 3.8) is 0 Å². The van der Waals surface area contributed by atoms with Gasteiger partial charge in [-0.3, -0.25) is 9.52 Å². The third-order valence-corrected chi connectivity index (χ3v) is 5.62. The second kappa shape index (κ2) is 9.36. The molecule has 2 heterocycles. The lowest BCUT2D eigenvalue weighted by molar-refractivity contribution is -0.121. The first-order chi connectivity index (χ1) is 13.5. The van der Waals surface area contributed by atoms with E-state index in [0.717, 1.165) is 24.8 Å². The van der Waals surface area contributed by atoms with Crippen LogP contribution in [0.2, 0.25) is 0 Å². The summed E-state index contributed by atoms with van der Waals surface area (Å²) in [4.78, 5) is 11.9. The predicted octanol–water partition coefficient (Wildman–Crippen LogP) is 2.61. The number of sulfonamides is 1. The number of hydrogen-bond acceptors (Lipinski definition) is 4. The molecule has 0 spiro atoms. The van der Waals surface area contributed by atoms with Crippen molar-refractivity contribution in [2.75, 3.05) is 17.0 Å². The van der Waals surface area contributed by atoms with E-state index in [1.54, 1.807) is 35.1 Å². The molecule has 0 fully saturated rings. The highest BCUT2D eigenvalue weighted by molar-refractivity contribution is 7.92. The van der Waals surface area contributed by atoms with E-state index in [1.807, 2.05) is 18.2 Å². The van der Waals surface area contributed by atoms with Crippen LogP contribution in [0.3, 0.4) is 0 Å². The van der Waals surface area contributed by atoms with E-state index in [1.165, 1.54) is 5.56 Å². The molecule has 2 aromatic heterocycles. The number of fused-ring (bicyclic) bond motifs is 1. The van der Waals surface area contributed by atoms with Crippen LogP contribution in [0.15, 0.2) is 60.9 Å². The Morgan fingerprint density at radius 3 is 2.71 bits per heavy atom. The lowest BCUT2D eigenvalue weighted by Crippen LogP contribution is -2.31. The zero-order chi connectivity index (χ0) is 19.8. The zero-order valence-electron chi connectivity index (χ0n) is 15.5. The number of hydrogen-bond donors (Lipinski definition) is 2. The largest absolute Gasteiger partial charge is 0.355 e. The summed E-state index contributed by atoms with van der Waals surface area (Å²) in [7, 11) is -3.54. The van der Waals surface area contributed by atoms with Crippen molar-refractivity contribution in [3.8, 4) is 0 Å². The van der Waals surface area contributed by atoms with Crippen LogP contribution in [-0.4, -0.2) is 36.2 Å². The highest BCUT2D eigenvalue weighted by Gasteiger charge is 2.12. The van der Waals surface area contributed by atoms with Gasteiger partial charge < -0.3 is 5.32 Å². The van der Waals surface area contributed by atoms with Crippen molar-refractivity contribution in [2.24, 2.45) is 0 Å². The van der Waals surface area contributed by atoms with Crippen LogP contribution >= 0.6 is 0 Å². The van der Waals surface area contributed by atoms with Crippen molar-refractivity contribution in [3.05, 3.63) is 66.5 Å². The average molecular weight is 401 g/mol. The Kier molecular flexibility index (Phi) is 6.65. The van der Waals surface area contributed by atoms with Gasteiger partial charge >= 0.3 is 0 Å². The molecule has 0 radical (unpaired) electrons. The molecule has 7 nitrogen and oxygen atoms in total. The number of carbonyl (C=O) groups is 1. The van der Waals surface area contributed by atoms with Crippen molar-refractivity contribution in [1.29, 1.82) is 0 Å². The third kappa shape index (κ3) is 6.09. The van der Waals surface area contributed by atoms with Gasteiger partial charge in [0.05, 0.1) is 17.0 Å². The number of carbonyl (C=O) groups excluding carboxylic acids is 1. The molecule has 0 aliphatic heterocycles. The van der Waals surface area contributed by atoms with Gasteiger partial charge in [0.25, 0.3) is 0 Å². The van der Waals surface area contributed by atoms with E-state index in [9.17, 15) is 13.2 Å². The quantitative estimate of drug-likeness (QED) is 0.512. The lowest BCUT2D eigenvalue weighted by Gasteiger charge is -2.09. The number of aromatic nitrogens is 2. The lowest BCUT2D eigenvalue weighted by atomic mass is 10.1. The number of pyridine rings is 1. The fourth-order valence-corrected chi connectivity index (χ4v) is 3.85. The second-order valence-corrected chi connectivity index (χ2v) is 8.42. The van der Waals surface area contributed by atoms with Gasteiger partial charge in [0.1, 0.15) is 0 Å². The third-order valence-electron chi connectivity index (χ3n) is 4.33. The van der Waals surface area contributed by atoms with Crippen LogP contribution < -0.4 is 10.0 Å². The number of nitrogens with one attached hydrogen (secondary N) is 2. The van der Waals surface area contributed by atoms with Crippen LogP contribution in [0.25, 0.3) is 5.52 Å². The van der Waals surface area contributed by atoms with E-state index < -0.39 is 10.0 Å². The number of amides is 1. The topological polar surface area (TPSA) is 92.6 Å². The van der Waals surface area contributed by atoms with Crippen molar-refractivity contribution in [2.45, 2.75) is 25.7 Å². The molecule has 0 aliphatic carbocycles. The molecule has 1 aromatic carbocycles. The van der Waals surface area contributed by atoms with Gasteiger partial charge in [0.15, 0.2) is 0 Å². The number of aryl methyl sites for hydroxylation is 1. The molecule has 0 bridgehead atoms. The highest BCUT2D eigenvalue weighted by atomic mass is 32.2. The molecular formula is C20H24N4O3S. The Hall–Kier alpha value is -2.87. The summed E-state index contributed by atoms with van der Waals surface area (Å²) in [6.45, 7) is 0.0851. The van der Waals surface area contributed by atoms with E-state index >= 15 is 0 Å². The first kappa shape index (κ1) is 19.9. The SMILES string of the molecule is O=C(CCCCc1ccccc1)NCCS(=O)(=O)Nc1ccn2nccc2c1. The molecule has 1 amide bonds. The van der Waals surface area contributed by atoms with Gasteiger partial charge in [0, 0.05) is 25.4 Å². The summed E-state index contributed by atoms with van der Waals surface area (Å²) in [5.74, 6) is -0.295. The van der Waals surface area contributed by atoms with E-state index in [2.05, 4.69) is 27.3 Å². The maximum atomic E-state index is 12.2. The minimum atomic E-state index is -3.54. The van der Waals surface area contributed by atoms with Crippen LogP contribution in [0, 0.1) is 0 Å². The Balaban J connectivity index is 1.35. The van der Waals surface area contributed by atoms with E-state index in [4.69, 9.17) is 0 Å². The molecule has 0 saturated carbocycles. The van der Waals surface area contributed by atoms with Gasteiger partial charge in [-0.15, -0.1) is 0 Å². The van der Waals surface area contributed by atoms with Crippen LogP contribution in [0.4, 0.5) is 5.69 Å². The van der Waals surface area contributed by atoms with Gasteiger partial charge in [-0.25, -0.2) is 12.9 Å². The van der Waals surface area contributed by atoms with Gasteiger partial charge in [0.2, 0.25) is 15.9 Å². The fraction of sp³-hybridized carbons (Fsp3) is 0.300. The summed E-state index contributed by atoms with van der Waals surface area (Å²) >= 11 is 0. The van der Waals surface area contributed by atoms with Crippen LogP contribution in [-0.2, 0) is 21.2 Å². The highest BCUT2D eigenvalue weighted by Crippen LogP contribution is 2.13. The predicted molar refractivity (Wildman–Crippen MR) is 110 cm³/mol. The number of unbranched alkanes of at least 4 members (excludes halogenated alkanes) is 1. The zero-order valence-corrected chi connectivity index (χ0v) is 16.4. The normalized spacial score (nSPS) is 11.4. The molecule has 0 saturated heterocycles. The van der Waals surface area contributed by atoms with Gasteiger partial charge in [-0.1, -0.05) is 30.3 Å². The summed E-state index contributed by atoms with van der Waals surface area (Å²) in [5.41, 5.74) is 2.53. The molecule has 2 N–H and O–H groups in total. The monoisotopic (exact) mass is 400 g/mol. The second-order valence-electron chi connectivity index (χ2n) is 6.58. The molecule has 0 unspecified atom stereocenters. The maximum Gasteiger partial charge on any atom is 0.234 e. The molecule has 8 heteroatoms. The van der Waals surface area contributed by atoms with E-state index in [-0.39, 0.29) is 18.2 Å². The molecule has 3 aromatic rings. The molecule has 0 atom stereocenters. The fourth-order valence-electron chi connectivity index (χ4n) is 2.89. The molecule has 28 heavy (non-hydrogen) atoms. The Morgan fingerprint density at radius 2 is 1.89 bits per heavy atom. The minimum Gasteiger partial charge on any atom is -0.355 e. The number of nitrogens with zero attached hydrogens (tertiary/aromatic N) is 2. The smallest absolute Gasteiger partial charge is 0.234 e. The van der Waals surface area contributed by atoms with Crippen LogP contribution in [0.5, 0.6) is 0 Å². The average Bonchev–Trinajstić information content (AvgIpc) is 3.13. The van der Waals surface area contributed by atoms with Crippen molar-refractivity contribution < 1.29 is 13.2 Å². The number of benzene rings is 1. The van der Waals surface area contributed by atoms with Gasteiger partial charge in [-0.05, 0) is 43.0 Å². The maximum absolute atomic E-state index is 12.2. The van der Waals surface area contributed by atoms with Gasteiger partial charge in [-0.2, -0.15) is 5.10 Å². The molecular weight excluding hydrogens is 376 g/mol. The number of anilines is 1. The Labute approximate surface area is 164 Å². The molecule has 148 valence electrons. The summed E-state index contributed by atoms with van der Waals surface area (Å²) in [5, 5.41) is 6.74. The van der Waals surface area contributed by atoms with Crippen molar-refractivity contribution >= 4 is 27.1 Å². The Bertz CT molecular complexity index is 1020. The number of rotatable bonds is 10. The first-order valence-electron chi connectivity index (χ1n) is 9.26. The van der Waals surface area contributed by atoms with E-state index in [0.29, 0.717) is 12.1 Å². The standard InChI is InChI=1S/C20H24N4O3S/c25-20(9-5-4-8-17-6-2-1-3-7-17)21-13-15-28(26,27)23-18-11-14-24-19(16-18)10-12-22-24/h1-3,6-7,10-12,14,16,23H,4-5,8-9,13,15H2,(H,21,25). The first-order valence-corrected chi connectivity index (χ1v) is 10.9. The van der Waals surface area contributed by atoms with Crippen LogP contribution in [0.1, 0.15) is 24.8 Å². The molecule has 0 aliphatic rings. The molecule has 3 rings (SSSR count). The van der Waals surface area contributed by atoms with Crippen molar-refractivity contribution in [1.82, 2.24) is 14.9 Å². The Morgan fingerprint density at radius 1 is 1.07 bits per heavy atom. The minimum absolute atomic E-state index is 0.0851. The summed E-state index contributed by atoms with van der Waals surface area (Å²) in [6.07, 6.45) is 6.37. The summed E-state index contributed by atoms with van der Waals surface area (Å²) in [6, 6.07) is 15.3. The summed E-state index contributed by atoms with van der Waals surface area (Å²) < 4.78 is 28.5.